The van der Waals surface area contributed by atoms with Gasteiger partial charge in [-0.15, -0.1) is 0 Å². The van der Waals surface area contributed by atoms with E-state index < -0.39 is 0 Å². The van der Waals surface area contributed by atoms with Gasteiger partial charge >= 0.3 is 0 Å². The number of aliphatic hydroxyl groups excluding tert-OH is 1. The highest BCUT2D eigenvalue weighted by Gasteiger charge is 2.33. The summed E-state index contributed by atoms with van der Waals surface area (Å²) in [7, 11) is 0. The molecule has 0 radical (unpaired) electrons. The molecule has 1 aromatic carbocycles. The molecule has 1 saturated heterocycles. The summed E-state index contributed by atoms with van der Waals surface area (Å²) in [6.07, 6.45) is 3.10. The van der Waals surface area contributed by atoms with Crippen LogP contribution >= 0.6 is 11.6 Å². The highest BCUT2D eigenvalue weighted by molar-refractivity contribution is 6.30. The van der Waals surface area contributed by atoms with E-state index >= 15 is 0 Å². The summed E-state index contributed by atoms with van der Waals surface area (Å²) in [5.41, 5.74) is 7.52. The summed E-state index contributed by atoms with van der Waals surface area (Å²) in [4.78, 5) is 2.36. The molecule has 0 amide bonds. The van der Waals surface area contributed by atoms with Crippen molar-refractivity contribution >= 4 is 11.6 Å². The second kappa shape index (κ2) is 6.71. The van der Waals surface area contributed by atoms with Gasteiger partial charge in [-0.25, -0.2) is 0 Å². The average molecular weight is 283 g/mol. The van der Waals surface area contributed by atoms with E-state index in [0.717, 1.165) is 30.8 Å². The number of benzene rings is 1. The number of nitrogens with two attached hydrogens (primary N) is 1. The summed E-state index contributed by atoms with van der Waals surface area (Å²) in [6.45, 7) is 3.32. The van der Waals surface area contributed by atoms with Crippen molar-refractivity contribution in [2.45, 2.75) is 44.3 Å². The Bertz CT molecular complexity index is 396. The second-order valence-electron chi connectivity index (χ2n) is 5.28. The first-order chi connectivity index (χ1) is 9.17. The second-order valence-corrected chi connectivity index (χ2v) is 5.72. The van der Waals surface area contributed by atoms with Gasteiger partial charge in [-0.1, -0.05) is 30.7 Å². The first-order valence-electron chi connectivity index (χ1n) is 7.05. The Balaban J connectivity index is 2.27. The van der Waals surface area contributed by atoms with E-state index in [-0.39, 0.29) is 24.7 Å². The third-order valence-corrected chi connectivity index (χ3v) is 4.33. The largest absolute Gasteiger partial charge is 0.395 e. The SMILES string of the molecule is CCC(N)C(c1ccc(Cl)cc1)N1CCCC1CO. The van der Waals surface area contributed by atoms with Gasteiger partial charge in [-0.2, -0.15) is 0 Å². The molecule has 3 N–H and O–H groups in total. The minimum absolute atomic E-state index is 0.0772. The monoisotopic (exact) mass is 282 g/mol. The van der Waals surface area contributed by atoms with Crippen molar-refractivity contribution in [3.05, 3.63) is 34.9 Å². The van der Waals surface area contributed by atoms with Gasteiger partial charge in [-0.3, -0.25) is 4.90 Å². The topological polar surface area (TPSA) is 49.5 Å². The number of halogens is 1. The molecule has 0 aliphatic carbocycles. The number of likely N-dealkylation sites (tertiary alicyclic amines) is 1. The molecule has 1 aromatic rings. The van der Waals surface area contributed by atoms with E-state index in [4.69, 9.17) is 17.3 Å². The summed E-state index contributed by atoms with van der Waals surface area (Å²) in [5, 5.41) is 10.3. The van der Waals surface area contributed by atoms with E-state index in [9.17, 15) is 5.11 Å². The van der Waals surface area contributed by atoms with E-state index in [0.29, 0.717) is 0 Å². The molecule has 0 saturated carbocycles. The summed E-state index contributed by atoms with van der Waals surface area (Å²) >= 11 is 5.96. The minimum Gasteiger partial charge on any atom is -0.395 e. The van der Waals surface area contributed by atoms with Crippen LogP contribution in [0, 0.1) is 0 Å². The highest BCUT2D eigenvalue weighted by atomic mass is 35.5. The Morgan fingerprint density at radius 1 is 1.42 bits per heavy atom. The van der Waals surface area contributed by atoms with Crippen molar-refractivity contribution in [3.63, 3.8) is 0 Å². The van der Waals surface area contributed by atoms with Gasteiger partial charge < -0.3 is 10.8 Å². The molecule has 0 aromatic heterocycles. The molecule has 3 nitrogen and oxygen atoms in total. The summed E-state index contributed by atoms with van der Waals surface area (Å²) < 4.78 is 0. The maximum absolute atomic E-state index is 9.53. The molecule has 1 aliphatic heterocycles. The standard InChI is InChI=1S/C15H23ClN2O/c1-2-14(17)15(11-5-7-12(16)8-6-11)18-9-3-4-13(18)10-19/h5-8,13-15,19H,2-4,9-10,17H2,1H3. The zero-order chi connectivity index (χ0) is 13.8. The first-order valence-corrected chi connectivity index (χ1v) is 7.42. The number of rotatable bonds is 5. The van der Waals surface area contributed by atoms with Crippen LogP contribution in [0.1, 0.15) is 37.8 Å². The van der Waals surface area contributed by atoms with Crippen LogP contribution in [0.4, 0.5) is 0 Å². The lowest BCUT2D eigenvalue weighted by Crippen LogP contribution is -2.44. The number of hydrogen-bond acceptors (Lipinski definition) is 3. The molecule has 1 aliphatic rings. The normalized spacial score (nSPS) is 23.5. The number of hydrogen-bond donors (Lipinski definition) is 2. The smallest absolute Gasteiger partial charge is 0.0587 e. The Kier molecular flexibility index (Phi) is 5.22. The van der Waals surface area contributed by atoms with Crippen molar-refractivity contribution in [1.82, 2.24) is 4.90 Å². The summed E-state index contributed by atoms with van der Waals surface area (Å²) in [5.74, 6) is 0. The third-order valence-electron chi connectivity index (χ3n) is 4.08. The quantitative estimate of drug-likeness (QED) is 0.873. The lowest BCUT2D eigenvalue weighted by atomic mass is 9.95. The van der Waals surface area contributed by atoms with Crippen molar-refractivity contribution in [2.24, 2.45) is 5.73 Å². The fourth-order valence-corrected chi connectivity index (χ4v) is 3.11. The van der Waals surface area contributed by atoms with Gasteiger partial charge in [-0.05, 0) is 43.5 Å². The predicted octanol–water partition coefficient (Wildman–Crippen LogP) is 2.58. The van der Waals surface area contributed by atoms with Crippen LogP contribution in [0.15, 0.2) is 24.3 Å². The van der Waals surface area contributed by atoms with Crippen LogP contribution in [-0.2, 0) is 0 Å². The summed E-state index contributed by atoms with van der Waals surface area (Å²) in [6, 6.07) is 8.41. The molecule has 0 bridgehead atoms. The highest BCUT2D eigenvalue weighted by Crippen LogP contribution is 2.32. The van der Waals surface area contributed by atoms with Crippen molar-refractivity contribution in [1.29, 1.82) is 0 Å². The van der Waals surface area contributed by atoms with E-state index in [1.54, 1.807) is 0 Å². The van der Waals surface area contributed by atoms with Crippen LogP contribution in [-0.4, -0.2) is 35.2 Å². The van der Waals surface area contributed by atoms with E-state index in [2.05, 4.69) is 24.0 Å². The fourth-order valence-electron chi connectivity index (χ4n) is 2.99. The molecule has 1 fully saturated rings. The molecule has 2 rings (SSSR count). The maximum atomic E-state index is 9.53. The Labute approximate surface area is 120 Å². The van der Waals surface area contributed by atoms with Gasteiger partial charge in [0.2, 0.25) is 0 Å². The zero-order valence-corrected chi connectivity index (χ0v) is 12.2. The van der Waals surface area contributed by atoms with Crippen LogP contribution < -0.4 is 5.73 Å². The Morgan fingerprint density at radius 3 is 2.68 bits per heavy atom. The Hall–Kier alpha value is -0.610. The lowest BCUT2D eigenvalue weighted by Gasteiger charge is -2.36. The molecule has 4 heteroatoms. The van der Waals surface area contributed by atoms with Crippen molar-refractivity contribution < 1.29 is 5.11 Å². The van der Waals surface area contributed by atoms with E-state index in [1.807, 2.05) is 12.1 Å². The molecule has 3 unspecified atom stereocenters. The van der Waals surface area contributed by atoms with Crippen molar-refractivity contribution in [3.8, 4) is 0 Å². The molecular formula is C15H23ClN2O. The van der Waals surface area contributed by atoms with Gasteiger partial charge in [0.05, 0.1) is 12.6 Å². The average Bonchev–Trinajstić information content (AvgIpc) is 2.89. The number of nitrogens with zero attached hydrogens (tertiary/aromatic N) is 1. The Morgan fingerprint density at radius 2 is 2.11 bits per heavy atom. The third kappa shape index (κ3) is 3.29. The van der Waals surface area contributed by atoms with E-state index in [1.165, 1.54) is 5.56 Å². The molecule has 3 atom stereocenters. The minimum atomic E-state index is 0.0772. The van der Waals surface area contributed by atoms with Gasteiger partial charge in [0.1, 0.15) is 0 Å². The van der Waals surface area contributed by atoms with Crippen LogP contribution in [0.2, 0.25) is 5.02 Å². The van der Waals surface area contributed by atoms with Gasteiger partial charge in [0, 0.05) is 17.1 Å². The van der Waals surface area contributed by atoms with Crippen LogP contribution in [0.5, 0.6) is 0 Å². The predicted molar refractivity (Wildman–Crippen MR) is 79.3 cm³/mol. The first kappa shape index (κ1) is 14.8. The maximum Gasteiger partial charge on any atom is 0.0587 e. The van der Waals surface area contributed by atoms with Crippen molar-refractivity contribution in [2.75, 3.05) is 13.2 Å². The van der Waals surface area contributed by atoms with Crippen LogP contribution in [0.25, 0.3) is 0 Å². The van der Waals surface area contributed by atoms with Gasteiger partial charge in [0.15, 0.2) is 0 Å². The molecule has 19 heavy (non-hydrogen) atoms. The molecule has 1 heterocycles. The number of aliphatic hydroxyl groups is 1. The lowest BCUT2D eigenvalue weighted by molar-refractivity contribution is 0.104. The molecular weight excluding hydrogens is 260 g/mol. The van der Waals surface area contributed by atoms with Gasteiger partial charge in [0.25, 0.3) is 0 Å². The fraction of sp³-hybridized carbons (Fsp3) is 0.600. The zero-order valence-electron chi connectivity index (χ0n) is 11.4. The molecule has 0 spiro atoms. The molecule has 106 valence electrons. The van der Waals surface area contributed by atoms with Crippen LogP contribution in [0.3, 0.4) is 0 Å².